The van der Waals surface area contributed by atoms with E-state index in [1.165, 1.54) is 43.3 Å². The molecule has 0 fully saturated rings. The van der Waals surface area contributed by atoms with E-state index < -0.39 is 15.8 Å². The van der Waals surface area contributed by atoms with Crippen LogP contribution in [0.4, 0.5) is 0 Å². The number of Topliss-reactive ketones (excluding diaryl/α,β-unsaturated/α-hetero) is 1. The van der Waals surface area contributed by atoms with E-state index in [1.807, 2.05) is 0 Å². The molecule has 1 aliphatic rings. The Morgan fingerprint density at radius 1 is 0.969 bits per heavy atom. The molecule has 0 aliphatic carbocycles. The normalized spacial score (nSPS) is 12.7. The predicted molar refractivity (Wildman–Crippen MR) is 115 cm³/mol. The molecule has 164 valence electrons. The lowest BCUT2D eigenvalue weighted by atomic mass is 10.0. The Balaban J connectivity index is 1.49. The van der Waals surface area contributed by atoms with Crippen molar-refractivity contribution in [2.24, 2.45) is 0 Å². The molecule has 0 radical (unpaired) electrons. The van der Waals surface area contributed by atoms with Gasteiger partial charge in [-0.25, -0.2) is 13.2 Å². The Labute approximate surface area is 185 Å². The zero-order valence-corrected chi connectivity index (χ0v) is 18.0. The lowest BCUT2D eigenvalue weighted by Crippen LogP contribution is -2.04. The number of carbonyl (C=O) groups excluding carboxylic acids is 1. The summed E-state index contributed by atoms with van der Waals surface area (Å²) in [4.78, 5) is 22.8. The van der Waals surface area contributed by atoms with E-state index in [4.69, 9.17) is 14.6 Å². The van der Waals surface area contributed by atoms with Crippen LogP contribution in [0.15, 0.2) is 70.5 Å². The lowest BCUT2D eigenvalue weighted by molar-refractivity contribution is 0.0696. The predicted octanol–water partition coefficient (Wildman–Crippen LogP) is 3.93. The number of ether oxygens (including phenoxy) is 2. The average molecular weight is 452 g/mol. The van der Waals surface area contributed by atoms with Crippen molar-refractivity contribution < 1.29 is 32.6 Å². The Morgan fingerprint density at radius 2 is 1.59 bits per heavy atom. The van der Waals surface area contributed by atoms with E-state index >= 15 is 0 Å². The standard InChI is InChI=1S/C24H20O7S/c1-15(25)20-10-11-22(21-12-13-30-23(20)21)31-14-16-2-6-18(7-3-16)32(28,29)19-8-4-17(5-9-19)24(26)27/h2-11H,12-14H2,1H3,(H,26,27). The number of aromatic carboxylic acids is 1. The number of benzene rings is 3. The Morgan fingerprint density at radius 3 is 2.19 bits per heavy atom. The minimum atomic E-state index is -3.77. The molecule has 3 aromatic carbocycles. The zero-order valence-electron chi connectivity index (χ0n) is 17.2. The molecule has 3 aromatic rings. The third-order valence-corrected chi connectivity index (χ3v) is 7.02. The second-order valence-electron chi connectivity index (χ2n) is 7.34. The summed E-state index contributed by atoms with van der Waals surface area (Å²) in [5, 5.41) is 8.97. The van der Waals surface area contributed by atoms with Crippen molar-refractivity contribution in [3.63, 3.8) is 0 Å². The molecule has 0 saturated heterocycles. The molecule has 1 heterocycles. The first-order chi connectivity index (χ1) is 15.3. The van der Waals surface area contributed by atoms with Crippen molar-refractivity contribution in [2.75, 3.05) is 6.61 Å². The smallest absolute Gasteiger partial charge is 0.335 e. The van der Waals surface area contributed by atoms with Crippen molar-refractivity contribution in [3.8, 4) is 11.5 Å². The number of hydrogen-bond acceptors (Lipinski definition) is 6. The van der Waals surface area contributed by atoms with Gasteiger partial charge in [0.1, 0.15) is 18.1 Å². The highest BCUT2D eigenvalue weighted by Gasteiger charge is 2.23. The van der Waals surface area contributed by atoms with Gasteiger partial charge in [0, 0.05) is 12.0 Å². The van der Waals surface area contributed by atoms with Gasteiger partial charge < -0.3 is 14.6 Å². The number of carbonyl (C=O) groups is 2. The summed E-state index contributed by atoms with van der Waals surface area (Å²) in [6, 6.07) is 14.8. The number of carboxylic acid groups (broad SMARTS) is 1. The molecule has 0 bridgehead atoms. The summed E-state index contributed by atoms with van der Waals surface area (Å²) >= 11 is 0. The van der Waals surface area contributed by atoms with Gasteiger partial charge in [0.25, 0.3) is 0 Å². The number of hydrogen-bond donors (Lipinski definition) is 1. The number of sulfone groups is 1. The number of ketones is 1. The number of carboxylic acids is 1. The van der Waals surface area contributed by atoms with Gasteiger partial charge in [0.05, 0.1) is 27.5 Å². The molecular weight excluding hydrogens is 432 g/mol. The highest BCUT2D eigenvalue weighted by molar-refractivity contribution is 7.91. The minimum absolute atomic E-state index is 0.0182. The van der Waals surface area contributed by atoms with Crippen LogP contribution in [0, 0.1) is 0 Å². The Kier molecular flexibility index (Phi) is 5.71. The summed E-state index contributed by atoms with van der Waals surface area (Å²) in [6.45, 7) is 2.21. The van der Waals surface area contributed by atoms with Crippen LogP contribution in [0.1, 0.15) is 38.8 Å². The van der Waals surface area contributed by atoms with Crippen LogP contribution < -0.4 is 9.47 Å². The molecule has 8 heteroatoms. The van der Waals surface area contributed by atoms with Crippen LogP contribution in [0.2, 0.25) is 0 Å². The second kappa shape index (κ2) is 8.47. The molecule has 4 rings (SSSR count). The molecule has 1 aliphatic heterocycles. The minimum Gasteiger partial charge on any atom is -0.492 e. The quantitative estimate of drug-likeness (QED) is 0.541. The summed E-state index contributed by atoms with van der Waals surface area (Å²) < 4.78 is 37.1. The monoisotopic (exact) mass is 452 g/mol. The maximum Gasteiger partial charge on any atom is 0.335 e. The summed E-state index contributed by atoms with van der Waals surface area (Å²) in [6.07, 6.45) is 0.656. The van der Waals surface area contributed by atoms with Gasteiger partial charge in [-0.05, 0) is 61.0 Å². The third kappa shape index (κ3) is 4.09. The molecule has 1 N–H and O–H groups in total. The molecule has 0 amide bonds. The lowest BCUT2D eigenvalue weighted by Gasteiger charge is -2.12. The molecule has 0 saturated carbocycles. The van der Waals surface area contributed by atoms with Gasteiger partial charge in [0.2, 0.25) is 9.84 Å². The zero-order chi connectivity index (χ0) is 22.9. The van der Waals surface area contributed by atoms with Gasteiger partial charge in [-0.15, -0.1) is 0 Å². The third-order valence-electron chi connectivity index (χ3n) is 5.23. The van der Waals surface area contributed by atoms with Crippen LogP contribution in [0.3, 0.4) is 0 Å². The van der Waals surface area contributed by atoms with Crippen LogP contribution in [-0.4, -0.2) is 31.9 Å². The van der Waals surface area contributed by atoms with E-state index in [0.29, 0.717) is 30.1 Å². The van der Waals surface area contributed by atoms with Gasteiger partial charge in [-0.3, -0.25) is 4.79 Å². The van der Waals surface area contributed by atoms with Crippen molar-refractivity contribution in [1.82, 2.24) is 0 Å². The van der Waals surface area contributed by atoms with E-state index in [1.54, 1.807) is 24.3 Å². The molecular formula is C24H20O7S. The first-order valence-electron chi connectivity index (χ1n) is 9.87. The van der Waals surface area contributed by atoms with E-state index in [9.17, 15) is 18.0 Å². The number of rotatable bonds is 7. The highest BCUT2D eigenvalue weighted by atomic mass is 32.2. The maximum absolute atomic E-state index is 12.8. The molecule has 0 atom stereocenters. The topological polar surface area (TPSA) is 107 Å². The van der Waals surface area contributed by atoms with E-state index in [0.717, 1.165) is 11.1 Å². The van der Waals surface area contributed by atoms with Crippen molar-refractivity contribution in [1.29, 1.82) is 0 Å². The molecule has 32 heavy (non-hydrogen) atoms. The Bertz CT molecular complexity index is 1290. The molecule has 0 aromatic heterocycles. The van der Waals surface area contributed by atoms with Crippen molar-refractivity contribution >= 4 is 21.6 Å². The first kappa shape index (κ1) is 21.6. The van der Waals surface area contributed by atoms with Gasteiger partial charge in [-0.2, -0.15) is 0 Å². The molecule has 0 unspecified atom stereocenters. The maximum atomic E-state index is 12.8. The fraction of sp³-hybridized carbons (Fsp3) is 0.167. The first-order valence-corrected chi connectivity index (χ1v) is 11.4. The van der Waals surface area contributed by atoms with Crippen LogP contribution in [0.25, 0.3) is 0 Å². The van der Waals surface area contributed by atoms with Crippen LogP contribution in [0.5, 0.6) is 11.5 Å². The average Bonchev–Trinajstić information content (AvgIpc) is 3.28. The largest absolute Gasteiger partial charge is 0.492 e. The van der Waals surface area contributed by atoms with E-state index in [-0.39, 0.29) is 27.7 Å². The Hall–Kier alpha value is -3.65. The fourth-order valence-corrected chi connectivity index (χ4v) is 4.78. The second-order valence-corrected chi connectivity index (χ2v) is 9.29. The summed E-state index contributed by atoms with van der Waals surface area (Å²) in [5.41, 5.74) is 2.19. The van der Waals surface area contributed by atoms with E-state index in [2.05, 4.69) is 0 Å². The van der Waals surface area contributed by atoms with Crippen LogP contribution >= 0.6 is 0 Å². The molecule has 7 nitrogen and oxygen atoms in total. The molecule has 0 spiro atoms. The van der Waals surface area contributed by atoms with Gasteiger partial charge in [0.15, 0.2) is 5.78 Å². The fourth-order valence-electron chi connectivity index (χ4n) is 3.52. The van der Waals surface area contributed by atoms with Crippen molar-refractivity contribution in [2.45, 2.75) is 29.7 Å². The number of fused-ring (bicyclic) bond motifs is 1. The van der Waals surface area contributed by atoms with Gasteiger partial charge >= 0.3 is 5.97 Å². The SMILES string of the molecule is CC(=O)c1ccc(OCc2ccc(S(=O)(=O)c3ccc(C(=O)O)cc3)cc2)c2c1OCC2. The summed E-state index contributed by atoms with van der Waals surface area (Å²) in [7, 11) is -3.77. The summed E-state index contributed by atoms with van der Waals surface area (Å²) in [5.74, 6) is 0.0265. The highest BCUT2D eigenvalue weighted by Crippen LogP contribution is 2.37. The van der Waals surface area contributed by atoms with Crippen LogP contribution in [-0.2, 0) is 22.9 Å². The van der Waals surface area contributed by atoms with Gasteiger partial charge in [-0.1, -0.05) is 12.1 Å². The van der Waals surface area contributed by atoms with Crippen molar-refractivity contribution in [3.05, 3.63) is 82.9 Å².